The maximum atomic E-state index is 13.4. The van der Waals surface area contributed by atoms with Crippen LogP contribution in [0.15, 0.2) is 30.0 Å². The van der Waals surface area contributed by atoms with Crippen LogP contribution >= 0.6 is 0 Å². The number of carbonyl (C=O) groups is 2. The predicted octanol–water partition coefficient (Wildman–Crippen LogP) is 1.91. The Morgan fingerprint density at radius 2 is 2.04 bits per heavy atom. The number of aromatic nitrogens is 1. The van der Waals surface area contributed by atoms with E-state index in [1.165, 1.54) is 0 Å². The first-order chi connectivity index (χ1) is 13.6. The van der Waals surface area contributed by atoms with E-state index in [-0.39, 0.29) is 23.9 Å². The molecule has 0 radical (unpaired) electrons. The van der Waals surface area contributed by atoms with Gasteiger partial charge in [-0.05, 0) is 43.5 Å². The van der Waals surface area contributed by atoms with Crippen molar-refractivity contribution in [3.05, 3.63) is 41.2 Å². The number of ether oxygens (including phenoxy) is 1. The molecule has 0 spiro atoms. The number of hydrogen-bond donors (Lipinski definition) is 1. The van der Waals surface area contributed by atoms with Gasteiger partial charge in [0, 0.05) is 30.1 Å². The minimum atomic E-state index is -0.414. The lowest BCUT2D eigenvalue weighted by atomic mass is 9.87. The monoisotopic (exact) mass is 378 g/mol. The van der Waals surface area contributed by atoms with E-state index < -0.39 is 6.04 Å². The topological polar surface area (TPSA) is 66.8 Å². The van der Waals surface area contributed by atoms with Crippen LogP contribution in [0.2, 0.25) is 0 Å². The molecule has 4 aliphatic rings. The number of carbonyl (C=O) groups excluding carboxylic acids is 2. The molecule has 6 rings (SSSR count). The Balaban J connectivity index is 1.60. The molecule has 2 fully saturated rings. The minimum Gasteiger partial charge on any atom is -0.497 e. The summed E-state index contributed by atoms with van der Waals surface area (Å²) in [5, 5.41) is 1.11. The van der Waals surface area contributed by atoms with Crippen molar-refractivity contribution in [2.24, 2.45) is 0 Å². The lowest BCUT2D eigenvalue weighted by Crippen LogP contribution is -2.65. The molecule has 0 unspecified atom stereocenters. The number of benzene rings is 1. The van der Waals surface area contributed by atoms with Crippen LogP contribution < -0.4 is 10.2 Å². The third kappa shape index (κ3) is 1.84. The summed E-state index contributed by atoms with van der Waals surface area (Å²) in [4.78, 5) is 30.3. The molecule has 4 aliphatic heterocycles. The molecule has 0 aliphatic carbocycles. The van der Waals surface area contributed by atoms with Crippen LogP contribution in [0.25, 0.3) is 10.9 Å². The fourth-order valence-electron chi connectivity index (χ4n) is 5.50. The third-order valence-electron chi connectivity index (χ3n) is 6.69. The average Bonchev–Trinajstić information content (AvgIpc) is 3.30. The summed E-state index contributed by atoms with van der Waals surface area (Å²) in [6.07, 6.45) is 4.32. The Morgan fingerprint density at radius 3 is 2.86 bits per heavy atom. The van der Waals surface area contributed by atoms with E-state index in [0.717, 1.165) is 46.4 Å². The van der Waals surface area contributed by atoms with Crippen molar-refractivity contribution in [3.8, 4) is 5.75 Å². The summed E-state index contributed by atoms with van der Waals surface area (Å²) in [5.74, 6) is 0.986. The molecule has 144 valence electrons. The first kappa shape index (κ1) is 16.0. The zero-order valence-electron chi connectivity index (χ0n) is 15.9. The molecule has 0 bridgehead atoms. The van der Waals surface area contributed by atoms with Gasteiger partial charge < -0.3 is 14.5 Å². The second-order valence-electron chi connectivity index (χ2n) is 8.14. The van der Waals surface area contributed by atoms with Crippen LogP contribution in [0.1, 0.15) is 37.1 Å². The number of fused-ring (bicyclic) bond motifs is 6. The quantitative estimate of drug-likeness (QED) is 0.823. The number of piperazine rings is 1. The summed E-state index contributed by atoms with van der Waals surface area (Å²) in [6, 6.07) is 5.11. The van der Waals surface area contributed by atoms with Crippen LogP contribution in [0.4, 0.5) is 0 Å². The van der Waals surface area contributed by atoms with E-state index in [0.29, 0.717) is 13.0 Å². The summed E-state index contributed by atoms with van der Waals surface area (Å²) in [7, 11) is 1.66. The molecule has 28 heavy (non-hydrogen) atoms. The molecule has 7 nitrogen and oxygen atoms in total. The van der Waals surface area contributed by atoms with E-state index in [4.69, 9.17) is 4.74 Å². The van der Waals surface area contributed by atoms with Gasteiger partial charge in [0.1, 0.15) is 17.8 Å². The molecule has 3 atom stereocenters. The molecule has 0 saturated carbocycles. The fraction of sp³-hybridized carbons (Fsp3) is 0.429. The van der Waals surface area contributed by atoms with Gasteiger partial charge >= 0.3 is 0 Å². The average molecular weight is 378 g/mol. The SMILES string of the molecule is COc1ccc2c3c4n(c2c1)NC(C)=C[C@@H]4N1C(=O)[C@@H]2CCCN2C(=O)[C@@H]1C3. The van der Waals surface area contributed by atoms with Gasteiger partial charge in [0.25, 0.3) is 0 Å². The summed E-state index contributed by atoms with van der Waals surface area (Å²) in [5.41, 5.74) is 7.64. The molecule has 1 aromatic carbocycles. The van der Waals surface area contributed by atoms with Crippen molar-refractivity contribution in [1.29, 1.82) is 0 Å². The Hall–Kier alpha value is -2.96. The largest absolute Gasteiger partial charge is 0.497 e. The van der Waals surface area contributed by atoms with Gasteiger partial charge in [-0.2, -0.15) is 0 Å². The highest BCUT2D eigenvalue weighted by atomic mass is 16.5. The maximum Gasteiger partial charge on any atom is 0.246 e. The number of nitrogens with zero attached hydrogens (tertiary/aromatic N) is 3. The van der Waals surface area contributed by atoms with E-state index in [1.54, 1.807) is 7.11 Å². The highest BCUT2D eigenvalue weighted by Gasteiger charge is 2.53. The molecule has 1 aromatic heterocycles. The normalized spacial score (nSPS) is 27.9. The van der Waals surface area contributed by atoms with Crippen LogP contribution in [-0.4, -0.2) is 52.0 Å². The standard InChI is InChI=1S/C21H22N4O3/c1-11-8-17-19-14(13-6-5-12(28-2)9-16(13)25(19)22-11)10-18-20(26)23-7-3-4-15(23)21(27)24(17)18/h5-6,8-9,15,17-18,22H,3-4,7,10H2,1-2H3/t15-,17-,18-/m0/s1. The van der Waals surface area contributed by atoms with Gasteiger partial charge in [-0.15, -0.1) is 0 Å². The Kier molecular flexibility index (Phi) is 3.04. The number of amides is 2. The minimum absolute atomic E-state index is 0.0955. The summed E-state index contributed by atoms with van der Waals surface area (Å²) in [6.45, 7) is 2.70. The zero-order chi connectivity index (χ0) is 19.2. The van der Waals surface area contributed by atoms with Crippen LogP contribution in [0, 0.1) is 0 Å². The van der Waals surface area contributed by atoms with Crippen molar-refractivity contribution in [1.82, 2.24) is 14.5 Å². The summed E-state index contributed by atoms with van der Waals surface area (Å²) >= 11 is 0. The van der Waals surface area contributed by atoms with Gasteiger partial charge in [-0.1, -0.05) is 0 Å². The van der Waals surface area contributed by atoms with Crippen molar-refractivity contribution in [2.75, 3.05) is 19.1 Å². The second kappa shape index (κ2) is 5.31. The fourth-order valence-corrected chi connectivity index (χ4v) is 5.50. The molecular weight excluding hydrogens is 356 g/mol. The van der Waals surface area contributed by atoms with E-state index in [9.17, 15) is 9.59 Å². The van der Waals surface area contributed by atoms with Gasteiger partial charge in [0.2, 0.25) is 11.8 Å². The zero-order valence-corrected chi connectivity index (χ0v) is 15.9. The molecule has 1 N–H and O–H groups in total. The van der Waals surface area contributed by atoms with Crippen LogP contribution in [0.3, 0.4) is 0 Å². The highest BCUT2D eigenvalue weighted by Crippen LogP contribution is 2.45. The molecule has 7 heteroatoms. The van der Waals surface area contributed by atoms with Gasteiger partial charge in [0.05, 0.1) is 24.4 Å². The number of hydrogen-bond acceptors (Lipinski definition) is 4. The number of methoxy groups -OCH3 is 1. The molecular formula is C21H22N4O3. The first-order valence-corrected chi connectivity index (χ1v) is 9.88. The third-order valence-corrected chi connectivity index (χ3v) is 6.69. The van der Waals surface area contributed by atoms with Gasteiger partial charge in [-0.25, -0.2) is 0 Å². The molecule has 5 heterocycles. The van der Waals surface area contributed by atoms with Gasteiger partial charge in [-0.3, -0.25) is 19.7 Å². The lowest BCUT2D eigenvalue weighted by Gasteiger charge is -2.49. The molecule has 2 aromatic rings. The van der Waals surface area contributed by atoms with Crippen LogP contribution in [0.5, 0.6) is 5.75 Å². The summed E-state index contributed by atoms with van der Waals surface area (Å²) < 4.78 is 7.50. The van der Waals surface area contributed by atoms with E-state index in [1.807, 2.05) is 28.9 Å². The molecule has 2 saturated heterocycles. The Morgan fingerprint density at radius 1 is 1.18 bits per heavy atom. The van der Waals surface area contributed by atoms with Crippen LogP contribution in [-0.2, 0) is 16.0 Å². The van der Waals surface area contributed by atoms with E-state index >= 15 is 0 Å². The maximum absolute atomic E-state index is 13.4. The van der Waals surface area contributed by atoms with E-state index in [2.05, 4.69) is 22.2 Å². The van der Waals surface area contributed by atoms with Crippen molar-refractivity contribution in [3.63, 3.8) is 0 Å². The Labute approximate surface area is 162 Å². The number of nitrogens with one attached hydrogen (secondary N) is 1. The second-order valence-corrected chi connectivity index (χ2v) is 8.14. The number of rotatable bonds is 1. The number of allylic oxidation sites excluding steroid dienone is 1. The smallest absolute Gasteiger partial charge is 0.246 e. The Bertz CT molecular complexity index is 1080. The van der Waals surface area contributed by atoms with Crippen molar-refractivity contribution in [2.45, 2.75) is 44.3 Å². The highest BCUT2D eigenvalue weighted by molar-refractivity contribution is 6.00. The predicted molar refractivity (Wildman–Crippen MR) is 103 cm³/mol. The van der Waals surface area contributed by atoms with Gasteiger partial charge in [0.15, 0.2) is 0 Å². The molecule has 2 amide bonds. The van der Waals surface area contributed by atoms with Crippen molar-refractivity contribution < 1.29 is 14.3 Å². The first-order valence-electron chi connectivity index (χ1n) is 9.88. The van der Waals surface area contributed by atoms with Crippen molar-refractivity contribution >= 4 is 22.7 Å². The lowest BCUT2D eigenvalue weighted by molar-refractivity contribution is -0.162.